The van der Waals surface area contributed by atoms with E-state index in [1.165, 1.54) is 0 Å². The summed E-state index contributed by atoms with van der Waals surface area (Å²) in [4.78, 5) is 23.6. The molecule has 6 nitrogen and oxygen atoms in total. The molecular weight excluding hydrogens is 316 g/mol. The summed E-state index contributed by atoms with van der Waals surface area (Å²) in [6, 6.07) is 9.23. The molecule has 1 aliphatic heterocycles. The SMILES string of the molecule is COc1cccc(C(=O)N2CC[C@@H](c3nc4ccncc4n3C)C2)c1. The first-order valence-electron chi connectivity index (χ1n) is 8.37. The van der Waals surface area contributed by atoms with Crippen LogP contribution >= 0.6 is 0 Å². The van der Waals surface area contributed by atoms with Crippen molar-refractivity contribution in [3.8, 4) is 5.75 Å². The van der Waals surface area contributed by atoms with Crippen molar-refractivity contribution in [1.29, 1.82) is 0 Å². The number of carbonyl (C=O) groups is 1. The number of imidazole rings is 1. The van der Waals surface area contributed by atoms with Crippen molar-refractivity contribution in [1.82, 2.24) is 19.4 Å². The van der Waals surface area contributed by atoms with Crippen LogP contribution in [-0.4, -0.2) is 45.5 Å². The molecule has 0 spiro atoms. The monoisotopic (exact) mass is 336 g/mol. The number of aromatic nitrogens is 3. The minimum absolute atomic E-state index is 0.0434. The van der Waals surface area contributed by atoms with Crippen molar-refractivity contribution in [2.75, 3.05) is 20.2 Å². The number of methoxy groups -OCH3 is 1. The molecular formula is C19H20N4O2. The molecule has 2 aromatic heterocycles. The highest BCUT2D eigenvalue weighted by atomic mass is 16.5. The van der Waals surface area contributed by atoms with Gasteiger partial charge in [-0.2, -0.15) is 0 Å². The molecule has 0 bridgehead atoms. The van der Waals surface area contributed by atoms with E-state index in [4.69, 9.17) is 9.72 Å². The van der Waals surface area contributed by atoms with Crippen molar-refractivity contribution in [3.05, 3.63) is 54.1 Å². The van der Waals surface area contributed by atoms with Gasteiger partial charge in [0.1, 0.15) is 11.6 Å². The van der Waals surface area contributed by atoms with Crippen molar-refractivity contribution in [3.63, 3.8) is 0 Å². The number of pyridine rings is 1. The molecule has 1 aromatic carbocycles. The lowest BCUT2D eigenvalue weighted by Gasteiger charge is -2.17. The van der Waals surface area contributed by atoms with Crippen LogP contribution in [0.1, 0.15) is 28.5 Å². The van der Waals surface area contributed by atoms with Crippen LogP contribution in [0.15, 0.2) is 42.7 Å². The van der Waals surface area contributed by atoms with Crippen molar-refractivity contribution in [2.24, 2.45) is 7.05 Å². The van der Waals surface area contributed by atoms with Crippen LogP contribution in [0.4, 0.5) is 0 Å². The first kappa shape index (κ1) is 15.6. The number of amides is 1. The molecule has 1 saturated heterocycles. The second kappa shape index (κ2) is 6.20. The number of hydrogen-bond donors (Lipinski definition) is 0. The third-order valence-electron chi connectivity index (χ3n) is 4.88. The quantitative estimate of drug-likeness (QED) is 0.738. The number of carbonyl (C=O) groups excluding carboxylic acids is 1. The number of fused-ring (bicyclic) bond motifs is 1. The first-order chi connectivity index (χ1) is 12.2. The molecule has 0 aliphatic carbocycles. The zero-order valence-corrected chi connectivity index (χ0v) is 14.3. The number of nitrogens with zero attached hydrogens (tertiary/aromatic N) is 4. The van der Waals surface area contributed by atoms with Gasteiger partial charge in [-0.15, -0.1) is 0 Å². The number of aryl methyl sites for hydroxylation is 1. The second-order valence-electron chi connectivity index (χ2n) is 6.36. The maximum atomic E-state index is 12.8. The van der Waals surface area contributed by atoms with Gasteiger partial charge in [0.25, 0.3) is 5.91 Å². The van der Waals surface area contributed by atoms with E-state index >= 15 is 0 Å². The molecule has 3 aromatic rings. The van der Waals surface area contributed by atoms with Gasteiger partial charge in [-0.1, -0.05) is 6.07 Å². The summed E-state index contributed by atoms with van der Waals surface area (Å²) in [6.07, 6.45) is 4.51. The summed E-state index contributed by atoms with van der Waals surface area (Å²) in [5.41, 5.74) is 2.63. The van der Waals surface area contributed by atoms with E-state index in [0.717, 1.165) is 29.8 Å². The highest BCUT2D eigenvalue weighted by molar-refractivity contribution is 5.94. The highest BCUT2D eigenvalue weighted by Gasteiger charge is 2.31. The summed E-state index contributed by atoms with van der Waals surface area (Å²) >= 11 is 0. The topological polar surface area (TPSA) is 60.2 Å². The Bertz CT molecular complexity index is 934. The number of ether oxygens (including phenoxy) is 1. The number of rotatable bonds is 3. The third kappa shape index (κ3) is 2.73. The van der Waals surface area contributed by atoms with E-state index in [1.807, 2.05) is 42.4 Å². The fourth-order valence-electron chi connectivity index (χ4n) is 3.51. The molecule has 25 heavy (non-hydrogen) atoms. The molecule has 0 N–H and O–H groups in total. The molecule has 128 valence electrons. The standard InChI is InChI=1S/C19H20N4O2/c1-22-17-11-20-8-6-16(17)21-18(22)14-7-9-23(12-14)19(24)13-4-3-5-15(10-13)25-2/h3-6,8,10-11,14H,7,9,12H2,1-2H3/t14-/m1/s1. The van der Waals surface area contributed by atoms with E-state index in [2.05, 4.69) is 9.55 Å². The molecule has 6 heteroatoms. The van der Waals surface area contributed by atoms with Gasteiger partial charge in [0.15, 0.2) is 0 Å². The van der Waals surface area contributed by atoms with Gasteiger partial charge in [-0.25, -0.2) is 4.98 Å². The smallest absolute Gasteiger partial charge is 0.254 e. The maximum absolute atomic E-state index is 12.8. The Morgan fingerprint density at radius 3 is 3.00 bits per heavy atom. The molecule has 1 amide bonds. The molecule has 4 rings (SSSR count). The Kier molecular flexibility index (Phi) is 3.87. The fraction of sp³-hybridized carbons (Fsp3) is 0.316. The Hall–Kier alpha value is -2.89. The summed E-state index contributed by atoms with van der Waals surface area (Å²) in [6.45, 7) is 1.42. The van der Waals surface area contributed by atoms with Crippen LogP contribution in [0.5, 0.6) is 5.75 Å². The largest absolute Gasteiger partial charge is 0.497 e. The van der Waals surface area contributed by atoms with Crippen LogP contribution in [0.2, 0.25) is 0 Å². The predicted molar refractivity (Wildman–Crippen MR) is 94.8 cm³/mol. The summed E-state index contributed by atoms with van der Waals surface area (Å²) in [5.74, 6) is 2.00. The second-order valence-corrected chi connectivity index (χ2v) is 6.36. The van der Waals surface area contributed by atoms with Gasteiger partial charge in [0.05, 0.1) is 24.3 Å². The predicted octanol–water partition coefficient (Wildman–Crippen LogP) is 2.61. The highest BCUT2D eigenvalue weighted by Crippen LogP contribution is 2.29. The Labute approximate surface area is 146 Å². The lowest BCUT2D eigenvalue weighted by molar-refractivity contribution is 0.0790. The number of likely N-dealkylation sites (tertiary alicyclic amines) is 1. The molecule has 1 atom stereocenters. The molecule has 0 saturated carbocycles. The Balaban J connectivity index is 1.56. The van der Waals surface area contributed by atoms with Gasteiger partial charge in [0.2, 0.25) is 0 Å². The van der Waals surface area contributed by atoms with Crippen LogP contribution in [0.25, 0.3) is 11.0 Å². The van der Waals surface area contributed by atoms with Crippen LogP contribution in [0, 0.1) is 0 Å². The average molecular weight is 336 g/mol. The average Bonchev–Trinajstić information content (AvgIpc) is 3.26. The molecule has 0 unspecified atom stereocenters. The van der Waals surface area contributed by atoms with Crippen molar-refractivity contribution >= 4 is 16.9 Å². The lowest BCUT2D eigenvalue weighted by atomic mass is 10.1. The fourth-order valence-corrected chi connectivity index (χ4v) is 3.51. The van der Waals surface area contributed by atoms with E-state index in [0.29, 0.717) is 17.9 Å². The van der Waals surface area contributed by atoms with Crippen LogP contribution in [-0.2, 0) is 7.05 Å². The Morgan fingerprint density at radius 2 is 2.20 bits per heavy atom. The van der Waals surface area contributed by atoms with E-state index < -0.39 is 0 Å². The van der Waals surface area contributed by atoms with E-state index in [9.17, 15) is 4.79 Å². The van der Waals surface area contributed by atoms with Gasteiger partial charge in [0, 0.05) is 37.8 Å². The third-order valence-corrected chi connectivity index (χ3v) is 4.88. The zero-order valence-electron chi connectivity index (χ0n) is 14.3. The first-order valence-corrected chi connectivity index (χ1v) is 8.37. The van der Waals surface area contributed by atoms with Gasteiger partial charge in [-0.05, 0) is 30.7 Å². The van der Waals surface area contributed by atoms with E-state index in [1.54, 1.807) is 19.4 Å². The summed E-state index contributed by atoms with van der Waals surface area (Å²) in [5, 5.41) is 0. The van der Waals surface area contributed by atoms with Gasteiger partial charge in [-0.3, -0.25) is 9.78 Å². The van der Waals surface area contributed by atoms with Gasteiger partial charge >= 0.3 is 0 Å². The minimum atomic E-state index is 0.0434. The van der Waals surface area contributed by atoms with E-state index in [-0.39, 0.29) is 11.8 Å². The molecule has 1 fully saturated rings. The van der Waals surface area contributed by atoms with Crippen LogP contribution in [0.3, 0.4) is 0 Å². The summed E-state index contributed by atoms with van der Waals surface area (Å²) < 4.78 is 7.31. The zero-order chi connectivity index (χ0) is 17.4. The summed E-state index contributed by atoms with van der Waals surface area (Å²) in [7, 11) is 3.62. The molecule has 0 radical (unpaired) electrons. The maximum Gasteiger partial charge on any atom is 0.254 e. The number of hydrogen-bond acceptors (Lipinski definition) is 4. The van der Waals surface area contributed by atoms with Gasteiger partial charge < -0.3 is 14.2 Å². The molecule has 3 heterocycles. The Morgan fingerprint density at radius 1 is 1.32 bits per heavy atom. The van der Waals surface area contributed by atoms with Crippen molar-refractivity contribution < 1.29 is 9.53 Å². The minimum Gasteiger partial charge on any atom is -0.497 e. The normalized spacial score (nSPS) is 17.2. The molecule has 1 aliphatic rings. The van der Waals surface area contributed by atoms with Crippen molar-refractivity contribution in [2.45, 2.75) is 12.3 Å². The van der Waals surface area contributed by atoms with Crippen LogP contribution < -0.4 is 4.74 Å². The number of benzene rings is 1. The lowest BCUT2D eigenvalue weighted by Crippen LogP contribution is -2.28.